The van der Waals surface area contributed by atoms with E-state index in [4.69, 9.17) is 0 Å². The van der Waals surface area contributed by atoms with E-state index in [0.717, 1.165) is 10.5 Å². The Morgan fingerprint density at radius 2 is 0.621 bits per heavy atom. The summed E-state index contributed by atoms with van der Waals surface area (Å²) in [5, 5.41) is 0. The minimum Gasteiger partial charge on any atom is -0.289 e. The average Bonchev–Trinajstić information content (AvgIpc) is 3.17. The molecule has 0 radical (unpaired) electrons. The van der Waals surface area contributed by atoms with Gasteiger partial charge < -0.3 is 0 Å². The lowest BCUT2D eigenvalue weighted by Gasteiger charge is -2.44. The van der Waals surface area contributed by atoms with E-state index in [1.807, 2.05) is 24.3 Å². The predicted molar refractivity (Wildman–Crippen MR) is 171 cm³/mol. The Labute approximate surface area is 319 Å². The molecule has 0 aliphatic carbocycles. The molecule has 0 N–H and O–H groups in total. The molecule has 0 bridgehead atoms. The van der Waals surface area contributed by atoms with Crippen LogP contribution in [0.5, 0.6) is 0 Å². The minimum atomic E-state index is -7.22. The second kappa shape index (κ2) is 16.8. The van der Waals surface area contributed by atoms with Crippen molar-refractivity contribution in [3.63, 3.8) is 0 Å². The summed E-state index contributed by atoms with van der Waals surface area (Å²) >= 11 is 4.24. The maximum absolute atomic E-state index is 15.4. The Bertz CT molecular complexity index is 2130. The molecule has 0 spiro atoms. The third-order valence-corrected chi connectivity index (χ3v) is 9.56. The molecule has 310 valence electrons. The van der Waals surface area contributed by atoms with Crippen molar-refractivity contribution in [1.82, 2.24) is 0 Å². The van der Waals surface area contributed by atoms with Crippen LogP contribution in [-0.2, 0) is 10.9 Å². The third kappa shape index (κ3) is 7.14. The van der Waals surface area contributed by atoms with Gasteiger partial charge in [-0.3, -0.25) is 4.79 Å². The van der Waals surface area contributed by atoms with Crippen LogP contribution in [0.3, 0.4) is 0 Å². The number of hydrogen-bond donors (Lipinski definition) is 1. The van der Waals surface area contributed by atoms with Crippen molar-refractivity contribution in [2.75, 3.05) is 18.3 Å². The van der Waals surface area contributed by atoms with E-state index in [2.05, 4.69) is 25.1 Å². The van der Waals surface area contributed by atoms with Crippen LogP contribution < -0.4 is 21.9 Å². The molecule has 0 saturated heterocycles. The second-order valence-electron chi connectivity index (χ2n) is 11.9. The highest BCUT2D eigenvalue weighted by Crippen LogP contribution is 2.30. The zero-order chi connectivity index (χ0) is 44.2. The molecule has 0 amide bonds. The van der Waals surface area contributed by atoms with E-state index in [1.54, 1.807) is 0 Å². The van der Waals surface area contributed by atoms with Crippen LogP contribution in [-0.4, -0.2) is 30.2 Å². The number of benzene rings is 5. The van der Waals surface area contributed by atoms with Crippen molar-refractivity contribution < 1.29 is 92.6 Å². The summed E-state index contributed by atoms with van der Waals surface area (Å²) in [5.74, 6) is -70.6. The number of ketones is 1. The highest BCUT2D eigenvalue weighted by molar-refractivity contribution is 7.96. The number of carbonyl (C=O) groups is 1. The molecule has 5 rings (SSSR count). The van der Waals surface area contributed by atoms with Gasteiger partial charge in [0, 0.05) is 10.5 Å². The van der Waals surface area contributed by atoms with Crippen molar-refractivity contribution >= 4 is 57.3 Å². The van der Waals surface area contributed by atoms with Gasteiger partial charge in [-0.1, -0.05) is 18.2 Å². The number of thiol groups is 1. The first-order valence-corrected chi connectivity index (χ1v) is 17.6. The van der Waals surface area contributed by atoms with Gasteiger partial charge in [0.25, 0.3) is 0 Å². The highest BCUT2D eigenvalue weighted by atomic mass is 32.2. The van der Waals surface area contributed by atoms with Gasteiger partial charge in [0.05, 0.1) is 12.5 Å². The summed E-state index contributed by atoms with van der Waals surface area (Å²) in [4.78, 5) is 12.4. The fourth-order valence-electron chi connectivity index (χ4n) is 5.92. The number of hydrogen-bond acceptors (Lipinski definition) is 2. The van der Waals surface area contributed by atoms with Crippen LogP contribution in [0.15, 0.2) is 29.2 Å². The Kier molecular flexibility index (Phi) is 13.3. The van der Waals surface area contributed by atoms with Gasteiger partial charge in [-0.05, 0) is 17.0 Å². The Morgan fingerprint density at radius 3 is 0.828 bits per heavy atom. The van der Waals surface area contributed by atoms with Crippen molar-refractivity contribution in [3.8, 4) is 0 Å². The van der Waals surface area contributed by atoms with Gasteiger partial charge in [-0.15, -0.1) is 34.5 Å². The third-order valence-electron chi connectivity index (χ3n) is 8.33. The normalized spacial score (nSPS) is 11.7. The zero-order valence-corrected chi connectivity index (χ0v) is 29.6. The quantitative estimate of drug-likeness (QED) is 0.0335. The summed E-state index contributed by atoms with van der Waals surface area (Å²) in [6, 6.07) is 7.43. The van der Waals surface area contributed by atoms with Gasteiger partial charge in [0.2, 0.25) is 5.78 Å². The van der Waals surface area contributed by atoms with E-state index in [1.165, 1.54) is 0 Å². The van der Waals surface area contributed by atoms with Gasteiger partial charge in [0.1, 0.15) is 52.7 Å². The van der Waals surface area contributed by atoms with Crippen molar-refractivity contribution in [3.05, 3.63) is 146 Å². The monoisotopic (exact) mass is 892 g/mol. The number of carbonyl (C=O) groups excluding carboxylic acids is 1. The lowest BCUT2D eigenvalue weighted by Crippen LogP contribution is -2.81. The summed E-state index contributed by atoms with van der Waals surface area (Å²) in [6.07, 6.45) is -3.08. The van der Waals surface area contributed by atoms with E-state index in [-0.39, 0.29) is 16.7 Å². The summed E-state index contributed by atoms with van der Waals surface area (Å²) in [7, 11) is 0.162. The maximum atomic E-state index is 15.4. The highest BCUT2D eigenvalue weighted by Gasteiger charge is 2.52. The van der Waals surface area contributed by atoms with Crippen LogP contribution in [0.1, 0.15) is 10.4 Å². The molecule has 1 nitrogen and oxygen atoms in total. The van der Waals surface area contributed by atoms with E-state index in [9.17, 15) is 57.5 Å². The summed E-state index contributed by atoms with van der Waals surface area (Å²) in [6.45, 7) is 0. The fraction of sp³-hybridized carbons (Fsp3) is 0.0882. The molecule has 0 saturated carbocycles. The standard InChI is InChI=1S/C24BF20.C10H12OS2/c26-5-1(6(27)14(35)21(42)13(5)34)25(2-7(28)15(36)22(43)16(37)8(2)29,3-9(30)17(38)23(44)18(39)10(3)31)4-11(32)19(40)24(45)20(41)12(4)33;1-13(2)7-9(11)8-5-3-4-6-10(8)12/h;3-6H,7H2,1-2H3/q-1;/p+1. The topological polar surface area (TPSA) is 17.1 Å². The first kappa shape index (κ1) is 45.8. The lowest BCUT2D eigenvalue weighted by atomic mass is 9.12. The Hall–Kier alpha value is -4.87. The molecule has 5 aromatic rings. The minimum absolute atomic E-state index is 0.162. The van der Waals surface area contributed by atoms with E-state index < -0.39 is 144 Å². The molecular weight excluding hydrogens is 879 g/mol. The predicted octanol–water partition coefficient (Wildman–Crippen LogP) is 7.88. The molecule has 0 heterocycles. The molecule has 0 aromatic heterocycles. The molecule has 0 atom stereocenters. The van der Waals surface area contributed by atoms with Crippen LogP contribution >= 0.6 is 12.6 Å². The maximum Gasteiger partial charge on any atom is 0.212 e. The van der Waals surface area contributed by atoms with Gasteiger partial charge in [0.15, 0.2) is 75.6 Å². The summed E-state index contributed by atoms with van der Waals surface area (Å²) in [5.41, 5.74) is -13.6. The van der Waals surface area contributed by atoms with Crippen molar-refractivity contribution in [1.29, 1.82) is 0 Å². The molecule has 58 heavy (non-hydrogen) atoms. The first-order valence-electron chi connectivity index (χ1n) is 14.9. The second-order valence-corrected chi connectivity index (χ2v) is 14.6. The van der Waals surface area contributed by atoms with Gasteiger partial charge in [-0.2, -0.15) is 0 Å². The molecular formula is C34H13BF20OS2. The smallest absolute Gasteiger partial charge is 0.212 e. The SMILES string of the molecule is C[S+](C)CC(=O)c1ccccc1S.Fc1c(F)c(F)c([B-](c2c(F)c(F)c(F)c(F)c2F)(c2c(F)c(F)c(F)c(F)c2F)c2c(F)c(F)c(F)c(F)c2F)c(F)c1F. The summed E-state index contributed by atoms with van der Waals surface area (Å²) < 4.78 is 294. The molecule has 5 aromatic carbocycles. The van der Waals surface area contributed by atoms with Crippen LogP contribution in [0.25, 0.3) is 0 Å². The number of halogens is 20. The van der Waals surface area contributed by atoms with E-state index in [0.29, 0.717) is 5.75 Å². The van der Waals surface area contributed by atoms with E-state index >= 15 is 35.1 Å². The van der Waals surface area contributed by atoms with Crippen LogP contribution in [0.2, 0.25) is 0 Å². The Morgan fingerprint density at radius 1 is 0.414 bits per heavy atom. The van der Waals surface area contributed by atoms with Crippen molar-refractivity contribution in [2.45, 2.75) is 4.90 Å². The average molecular weight is 892 g/mol. The van der Waals surface area contributed by atoms with Crippen molar-refractivity contribution in [2.24, 2.45) is 0 Å². The van der Waals surface area contributed by atoms with Gasteiger partial charge in [-0.25, -0.2) is 87.8 Å². The molecule has 0 fully saturated rings. The number of Topliss-reactive ketones (excluding diaryl/α,β-unsaturated/α-hetero) is 1. The fourth-order valence-corrected chi connectivity index (χ4v) is 6.89. The largest absolute Gasteiger partial charge is 0.289 e. The molecule has 0 aliphatic heterocycles. The van der Waals surface area contributed by atoms with Gasteiger partial charge >= 0.3 is 0 Å². The first-order chi connectivity index (χ1) is 26.8. The molecule has 24 heteroatoms. The van der Waals surface area contributed by atoms with Crippen LogP contribution in [0.4, 0.5) is 87.8 Å². The molecule has 0 aliphatic rings. The number of rotatable bonds is 7. The zero-order valence-electron chi connectivity index (χ0n) is 27.9. The Balaban J connectivity index is 0.000000486. The van der Waals surface area contributed by atoms with Crippen LogP contribution in [0, 0.1) is 116 Å². The molecule has 0 unspecified atom stereocenters. The lowest BCUT2D eigenvalue weighted by molar-refractivity contribution is 0.101.